The summed E-state index contributed by atoms with van der Waals surface area (Å²) in [7, 11) is 1.32. The zero-order valence-electron chi connectivity index (χ0n) is 13.4. The van der Waals surface area contributed by atoms with E-state index >= 15 is 0 Å². The number of hydrogen-bond donors (Lipinski definition) is 0. The summed E-state index contributed by atoms with van der Waals surface area (Å²) in [4.78, 5) is 16.0. The van der Waals surface area contributed by atoms with Crippen LogP contribution in [0.2, 0.25) is 0 Å². The molecule has 1 aliphatic heterocycles. The number of aliphatic imine (C=N–C) groups is 1. The predicted molar refractivity (Wildman–Crippen MR) is 86.6 cm³/mol. The molecule has 0 atom stereocenters. The monoisotopic (exact) mass is 363 g/mol. The van der Waals surface area contributed by atoms with Crippen LogP contribution in [0.15, 0.2) is 53.2 Å². The van der Waals surface area contributed by atoms with Gasteiger partial charge in [0.2, 0.25) is 5.90 Å². The van der Waals surface area contributed by atoms with Gasteiger partial charge in [-0.1, -0.05) is 6.07 Å². The van der Waals surface area contributed by atoms with Crippen LogP contribution in [0.25, 0.3) is 6.08 Å². The highest BCUT2D eigenvalue weighted by Crippen LogP contribution is 2.31. The Balaban J connectivity index is 1.91. The summed E-state index contributed by atoms with van der Waals surface area (Å²) in [6.45, 7) is -3.02. The molecule has 2 aromatic rings. The molecule has 0 fully saturated rings. The number of alkyl halides is 2. The first-order chi connectivity index (χ1) is 12.5. The van der Waals surface area contributed by atoms with E-state index in [0.717, 1.165) is 0 Å². The Bertz CT molecular complexity index is 892. The summed E-state index contributed by atoms with van der Waals surface area (Å²) in [5.41, 5.74) is 0.787. The lowest BCUT2D eigenvalue weighted by molar-refractivity contribution is -0.129. The molecule has 0 saturated heterocycles. The minimum absolute atomic E-state index is 0.0267. The smallest absolute Gasteiger partial charge is 0.387 e. The van der Waals surface area contributed by atoms with Crippen molar-refractivity contribution < 1.29 is 32.2 Å². The highest BCUT2D eigenvalue weighted by Gasteiger charge is 2.24. The Morgan fingerprint density at radius 2 is 1.85 bits per heavy atom. The molecule has 0 bridgehead atoms. The van der Waals surface area contributed by atoms with Gasteiger partial charge in [0.25, 0.3) is 0 Å². The maximum absolute atomic E-state index is 13.0. The van der Waals surface area contributed by atoms with Crippen molar-refractivity contribution in [2.75, 3.05) is 7.11 Å². The highest BCUT2D eigenvalue weighted by molar-refractivity contribution is 6.12. The fraction of sp³-hybridized carbons (Fsp3) is 0.111. The van der Waals surface area contributed by atoms with Gasteiger partial charge >= 0.3 is 12.6 Å². The molecule has 5 nitrogen and oxygen atoms in total. The van der Waals surface area contributed by atoms with Crippen molar-refractivity contribution >= 4 is 17.9 Å². The maximum atomic E-state index is 13.0. The van der Waals surface area contributed by atoms with Gasteiger partial charge in [-0.3, -0.25) is 0 Å². The average molecular weight is 363 g/mol. The number of hydrogen-bond acceptors (Lipinski definition) is 5. The van der Waals surface area contributed by atoms with Gasteiger partial charge in [0, 0.05) is 5.56 Å². The van der Waals surface area contributed by atoms with Crippen molar-refractivity contribution in [3.05, 3.63) is 65.1 Å². The zero-order chi connectivity index (χ0) is 18.7. The second-order valence-corrected chi connectivity index (χ2v) is 5.13. The summed E-state index contributed by atoms with van der Waals surface area (Å²) in [5.74, 6) is -1.17. The van der Waals surface area contributed by atoms with Gasteiger partial charge in [-0.15, -0.1) is 0 Å². The first kappa shape index (κ1) is 17.5. The van der Waals surface area contributed by atoms with E-state index in [-0.39, 0.29) is 23.1 Å². The van der Waals surface area contributed by atoms with E-state index in [4.69, 9.17) is 9.47 Å². The fourth-order valence-corrected chi connectivity index (χ4v) is 2.25. The van der Waals surface area contributed by atoms with E-state index in [1.165, 1.54) is 49.6 Å². The van der Waals surface area contributed by atoms with Gasteiger partial charge in [0.15, 0.2) is 17.2 Å². The molecule has 26 heavy (non-hydrogen) atoms. The predicted octanol–water partition coefficient (Wildman–Crippen LogP) is 3.78. The molecule has 0 saturated carbocycles. The van der Waals surface area contributed by atoms with Crippen molar-refractivity contribution in [2.24, 2.45) is 4.99 Å². The molecule has 0 radical (unpaired) electrons. The number of esters is 1. The van der Waals surface area contributed by atoms with Crippen LogP contribution in [-0.2, 0) is 9.53 Å². The topological polar surface area (TPSA) is 57.1 Å². The van der Waals surface area contributed by atoms with E-state index in [2.05, 4.69) is 9.73 Å². The van der Waals surface area contributed by atoms with Crippen LogP contribution in [0, 0.1) is 5.82 Å². The summed E-state index contributed by atoms with van der Waals surface area (Å²) < 4.78 is 52.3. The van der Waals surface area contributed by atoms with Crippen LogP contribution in [0.5, 0.6) is 11.5 Å². The Kier molecular flexibility index (Phi) is 4.92. The molecule has 0 unspecified atom stereocenters. The summed E-state index contributed by atoms with van der Waals surface area (Å²) in [6, 6.07) is 9.53. The summed E-state index contributed by atoms with van der Waals surface area (Å²) >= 11 is 0. The molecule has 1 heterocycles. The second kappa shape index (κ2) is 7.30. The van der Waals surface area contributed by atoms with Gasteiger partial charge < -0.3 is 14.2 Å². The van der Waals surface area contributed by atoms with Gasteiger partial charge in [-0.2, -0.15) is 8.78 Å². The normalized spacial score (nSPS) is 15.2. The van der Waals surface area contributed by atoms with Crippen molar-refractivity contribution in [1.82, 2.24) is 0 Å². The number of nitrogens with zero attached hydrogens (tertiary/aromatic N) is 1. The maximum Gasteiger partial charge on any atom is 0.387 e. The Hall–Kier alpha value is -3.29. The third kappa shape index (κ3) is 3.85. The second-order valence-electron chi connectivity index (χ2n) is 5.13. The lowest BCUT2D eigenvalue weighted by atomic mass is 10.1. The highest BCUT2D eigenvalue weighted by atomic mass is 19.3. The number of benzene rings is 2. The molecule has 0 amide bonds. The molecule has 1 aliphatic rings. The largest absolute Gasteiger partial charge is 0.493 e. The van der Waals surface area contributed by atoms with Gasteiger partial charge in [0.05, 0.1) is 7.11 Å². The van der Waals surface area contributed by atoms with Gasteiger partial charge in [-0.05, 0) is 48.0 Å². The number of rotatable bonds is 5. The number of halogens is 3. The third-order valence-corrected chi connectivity index (χ3v) is 3.42. The van der Waals surface area contributed by atoms with Gasteiger partial charge in [0.1, 0.15) is 5.82 Å². The van der Waals surface area contributed by atoms with E-state index in [9.17, 15) is 18.0 Å². The zero-order valence-corrected chi connectivity index (χ0v) is 13.4. The van der Waals surface area contributed by atoms with Crippen LogP contribution in [0.4, 0.5) is 13.2 Å². The van der Waals surface area contributed by atoms with Gasteiger partial charge in [-0.25, -0.2) is 14.2 Å². The lowest BCUT2D eigenvalue weighted by Crippen LogP contribution is -2.05. The van der Waals surface area contributed by atoms with E-state index in [1.807, 2.05) is 0 Å². The van der Waals surface area contributed by atoms with Crippen LogP contribution in [-0.4, -0.2) is 25.6 Å². The Morgan fingerprint density at radius 3 is 2.50 bits per heavy atom. The molecule has 134 valence electrons. The minimum Gasteiger partial charge on any atom is -0.493 e. The van der Waals surface area contributed by atoms with E-state index in [1.54, 1.807) is 6.07 Å². The standard InChI is InChI=1S/C18H12F3NO4/c1-24-14-7-2-10(9-15(14)25-18(20)21)8-13-17(23)26-16(22-13)11-3-5-12(19)6-4-11/h2-9,18H,1H3/b13-8-. The van der Waals surface area contributed by atoms with Crippen molar-refractivity contribution in [1.29, 1.82) is 0 Å². The summed E-state index contributed by atoms with van der Waals surface area (Å²) in [6.07, 6.45) is 1.36. The average Bonchev–Trinajstić information content (AvgIpc) is 2.96. The van der Waals surface area contributed by atoms with Crippen molar-refractivity contribution in [3.8, 4) is 11.5 Å². The Labute approximate surface area is 146 Å². The third-order valence-electron chi connectivity index (χ3n) is 3.42. The SMILES string of the molecule is COc1ccc(/C=C2\N=C(c3ccc(F)cc3)OC2=O)cc1OC(F)F. The lowest BCUT2D eigenvalue weighted by Gasteiger charge is -2.10. The van der Waals surface area contributed by atoms with Crippen LogP contribution in [0.1, 0.15) is 11.1 Å². The quantitative estimate of drug-likeness (QED) is 0.599. The Morgan fingerprint density at radius 1 is 1.12 bits per heavy atom. The van der Waals surface area contributed by atoms with Crippen LogP contribution in [0.3, 0.4) is 0 Å². The minimum atomic E-state index is -3.02. The molecule has 0 aromatic heterocycles. The van der Waals surface area contributed by atoms with E-state index in [0.29, 0.717) is 11.1 Å². The molecule has 0 aliphatic carbocycles. The number of carbonyl (C=O) groups is 1. The molecular formula is C18H12F3NO4. The molecule has 0 spiro atoms. The van der Waals surface area contributed by atoms with Crippen LogP contribution < -0.4 is 9.47 Å². The number of methoxy groups -OCH3 is 1. The van der Waals surface area contributed by atoms with E-state index < -0.39 is 18.4 Å². The first-order valence-electron chi connectivity index (χ1n) is 7.37. The number of cyclic esters (lactones) is 1. The molecular weight excluding hydrogens is 351 g/mol. The number of ether oxygens (including phenoxy) is 3. The van der Waals surface area contributed by atoms with Crippen LogP contribution >= 0.6 is 0 Å². The van der Waals surface area contributed by atoms with Crippen molar-refractivity contribution in [3.63, 3.8) is 0 Å². The number of carbonyl (C=O) groups excluding carboxylic acids is 1. The first-order valence-corrected chi connectivity index (χ1v) is 7.37. The molecule has 0 N–H and O–H groups in total. The molecule has 2 aromatic carbocycles. The fourth-order valence-electron chi connectivity index (χ4n) is 2.25. The van der Waals surface area contributed by atoms with Crippen molar-refractivity contribution in [2.45, 2.75) is 6.61 Å². The molecule has 3 rings (SSSR count). The summed E-state index contributed by atoms with van der Waals surface area (Å²) in [5, 5.41) is 0. The molecule has 8 heteroatoms.